The van der Waals surface area contributed by atoms with Crippen LogP contribution in [0.4, 0.5) is 4.79 Å². The molecule has 2 amide bonds. The molecule has 0 bridgehead atoms. The average molecular weight is 761 g/mol. The summed E-state index contributed by atoms with van der Waals surface area (Å²) in [5.74, 6) is -0.853. The monoisotopic (exact) mass is 760 g/mol. The van der Waals surface area contributed by atoms with E-state index in [4.69, 9.17) is 14.2 Å². The van der Waals surface area contributed by atoms with E-state index in [1.165, 1.54) is 7.11 Å². The van der Waals surface area contributed by atoms with E-state index in [-0.39, 0.29) is 36.8 Å². The molecule has 55 heavy (non-hydrogen) atoms. The lowest BCUT2D eigenvalue weighted by molar-refractivity contribution is -0.268. The van der Waals surface area contributed by atoms with Gasteiger partial charge in [0.25, 0.3) is 0 Å². The summed E-state index contributed by atoms with van der Waals surface area (Å²) in [4.78, 5) is 37.5. The summed E-state index contributed by atoms with van der Waals surface area (Å²) >= 11 is 1.61. The lowest BCUT2D eigenvalue weighted by Gasteiger charge is -2.41. The summed E-state index contributed by atoms with van der Waals surface area (Å²) in [5, 5.41) is 24.5. The predicted molar refractivity (Wildman–Crippen MR) is 210 cm³/mol. The van der Waals surface area contributed by atoms with E-state index in [1.807, 2.05) is 115 Å². The largest absolute Gasteiger partial charge is 0.478 e. The zero-order valence-electron chi connectivity index (χ0n) is 30.6. The number of carboxylic acids is 1. The summed E-state index contributed by atoms with van der Waals surface area (Å²) in [6.07, 6.45) is -0.788. The van der Waals surface area contributed by atoms with Gasteiger partial charge in [0.2, 0.25) is 0 Å². The van der Waals surface area contributed by atoms with Gasteiger partial charge in [-0.05, 0) is 63.7 Å². The summed E-state index contributed by atoms with van der Waals surface area (Å²) in [7, 11) is 1.30. The van der Waals surface area contributed by atoms with Gasteiger partial charge in [0.05, 0.1) is 31.5 Å². The van der Waals surface area contributed by atoms with Gasteiger partial charge in [0, 0.05) is 35.1 Å². The van der Waals surface area contributed by atoms with E-state index in [0.717, 1.165) is 43.8 Å². The number of methoxy groups -OCH3 is 1. The zero-order valence-corrected chi connectivity index (χ0v) is 31.4. The summed E-state index contributed by atoms with van der Waals surface area (Å²) in [6.45, 7) is 2.32. The first-order valence-corrected chi connectivity index (χ1v) is 19.0. The van der Waals surface area contributed by atoms with Crippen molar-refractivity contribution in [3.63, 3.8) is 0 Å². The maximum atomic E-state index is 12.8. The lowest BCUT2D eigenvalue weighted by Crippen LogP contribution is -2.47. The van der Waals surface area contributed by atoms with Crippen LogP contribution in [0.25, 0.3) is 11.1 Å². The highest BCUT2D eigenvalue weighted by molar-refractivity contribution is 7.99. The molecule has 5 atom stereocenters. The number of nitrogens with one attached hydrogen (secondary N) is 2. The maximum absolute atomic E-state index is 12.8. The Kier molecular flexibility index (Phi) is 13.4. The van der Waals surface area contributed by atoms with Gasteiger partial charge >= 0.3 is 18.0 Å². The van der Waals surface area contributed by atoms with Crippen molar-refractivity contribution in [1.29, 1.82) is 0 Å². The molecule has 0 spiro atoms. The van der Waals surface area contributed by atoms with E-state index in [1.54, 1.807) is 23.9 Å². The standard InChI is InChI=1S/C44H44N2O8S/c1-28-39(27-55-37-21-19-34(20-22-37)41(48)49)53-43(54-40(28)33-13-11-30(26-47)12-14-33)35-17-15-32(16-18-35)36-10-6-9-31(23-36)25-45-44(51)46-38(42(50)52-2)24-29-7-4-3-5-8-29/h3-23,28,38-40,43,47H,24-27H2,1-2H3,(H,48,49)(H2,45,46,51)/t28-,38+,39+,40+,43+/m1/s1. The van der Waals surface area contributed by atoms with Crippen molar-refractivity contribution in [1.82, 2.24) is 10.6 Å². The van der Waals surface area contributed by atoms with Crippen LogP contribution in [0.5, 0.6) is 0 Å². The summed E-state index contributed by atoms with van der Waals surface area (Å²) in [5.41, 5.74) is 6.64. The highest BCUT2D eigenvalue weighted by Crippen LogP contribution is 2.43. The van der Waals surface area contributed by atoms with E-state index in [9.17, 15) is 24.6 Å². The first kappa shape index (κ1) is 39.2. The quantitative estimate of drug-likeness (QED) is 0.0661. The van der Waals surface area contributed by atoms with Crippen molar-refractivity contribution in [2.24, 2.45) is 5.92 Å². The number of amides is 2. The van der Waals surface area contributed by atoms with Crippen molar-refractivity contribution in [3.05, 3.63) is 161 Å². The summed E-state index contributed by atoms with van der Waals surface area (Å²) < 4.78 is 18.2. The second-order valence-corrected chi connectivity index (χ2v) is 14.5. The molecule has 4 N–H and O–H groups in total. The number of carbonyl (C=O) groups is 3. The van der Waals surface area contributed by atoms with Crippen LogP contribution in [-0.4, -0.2) is 53.2 Å². The maximum Gasteiger partial charge on any atom is 0.335 e. The molecule has 1 aliphatic rings. The van der Waals surface area contributed by atoms with Crippen molar-refractivity contribution < 1.29 is 38.8 Å². The molecule has 5 aromatic carbocycles. The third-order valence-electron chi connectivity index (χ3n) is 9.61. The van der Waals surface area contributed by atoms with E-state index in [2.05, 4.69) is 17.6 Å². The van der Waals surface area contributed by atoms with Gasteiger partial charge in [-0.1, -0.05) is 104 Å². The number of esters is 1. The van der Waals surface area contributed by atoms with Crippen LogP contribution < -0.4 is 10.6 Å². The van der Waals surface area contributed by atoms with Gasteiger partial charge in [-0.3, -0.25) is 0 Å². The SMILES string of the molecule is COC(=O)[C@H](Cc1ccccc1)NC(=O)NCc1cccc(-c2ccc([C@H]3O[C@@H](CSc4ccc(C(=O)O)cc4)[C@@H](C)[C@@H](c4ccc(CO)cc4)O3)cc2)c1. The topological polar surface area (TPSA) is 143 Å². The number of carbonyl (C=O) groups excluding carboxylic acids is 2. The number of ether oxygens (including phenoxy) is 3. The molecule has 1 fully saturated rings. The molecule has 1 saturated heterocycles. The number of hydrogen-bond acceptors (Lipinski definition) is 8. The van der Waals surface area contributed by atoms with E-state index < -0.39 is 30.3 Å². The van der Waals surface area contributed by atoms with Crippen LogP contribution in [0.1, 0.15) is 57.5 Å². The molecule has 11 heteroatoms. The van der Waals surface area contributed by atoms with Gasteiger partial charge < -0.3 is 35.1 Å². The van der Waals surface area contributed by atoms with Crippen LogP contribution in [0.3, 0.4) is 0 Å². The second kappa shape index (κ2) is 18.7. The Hall–Kier alpha value is -5.46. The highest BCUT2D eigenvalue weighted by Gasteiger charge is 2.38. The molecule has 1 aliphatic heterocycles. The van der Waals surface area contributed by atoms with Gasteiger partial charge in [0.15, 0.2) is 6.29 Å². The lowest BCUT2D eigenvalue weighted by atomic mass is 9.91. The number of hydrogen-bond donors (Lipinski definition) is 4. The number of aliphatic hydroxyl groups excluding tert-OH is 1. The Morgan fingerprint density at radius 1 is 0.782 bits per heavy atom. The van der Waals surface area contributed by atoms with Crippen LogP contribution in [0.15, 0.2) is 132 Å². The highest BCUT2D eigenvalue weighted by atomic mass is 32.2. The normalized spacial score (nSPS) is 18.5. The third-order valence-corrected chi connectivity index (χ3v) is 10.7. The Bertz CT molecular complexity index is 2040. The fourth-order valence-corrected chi connectivity index (χ4v) is 7.52. The average Bonchev–Trinajstić information content (AvgIpc) is 3.22. The van der Waals surface area contributed by atoms with Crippen LogP contribution >= 0.6 is 11.8 Å². The third kappa shape index (κ3) is 10.4. The molecule has 10 nitrogen and oxygen atoms in total. The first-order valence-electron chi connectivity index (χ1n) is 18.0. The van der Waals surface area contributed by atoms with Crippen molar-refractivity contribution in [3.8, 4) is 11.1 Å². The minimum Gasteiger partial charge on any atom is -0.478 e. The fraction of sp³-hybridized carbons (Fsp3) is 0.250. The number of carboxylic acid groups (broad SMARTS) is 1. The number of aliphatic hydroxyl groups is 1. The van der Waals surface area contributed by atoms with Gasteiger partial charge in [-0.25, -0.2) is 14.4 Å². The molecular weight excluding hydrogens is 717 g/mol. The van der Waals surface area contributed by atoms with Crippen molar-refractivity contribution in [2.45, 2.75) is 55.9 Å². The van der Waals surface area contributed by atoms with Gasteiger partial charge in [-0.2, -0.15) is 0 Å². The number of rotatable bonds is 14. The number of thioether (sulfide) groups is 1. The molecular formula is C44H44N2O8S. The smallest absolute Gasteiger partial charge is 0.335 e. The van der Waals surface area contributed by atoms with Crippen molar-refractivity contribution in [2.75, 3.05) is 12.9 Å². The van der Waals surface area contributed by atoms with Crippen LogP contribution in [0, 0.1) is 5.92 Å². The minimum atomic E-state index is -0.960. The van der Waals surface area contributed by atoms with E-state index in [0.29, 0.717) is 12.2 Å². The molecule has 0 unspecified atom stereocenters. The molecule has 5 aromatic rings. The molecule has 6 rings (SSSR count). The molecule has 284 valence electrons. The molecule has 1 heterocycles. The predicted octanol–water partition coefficient (Wildman–Crippen LogP) is 7.71. The Balaban J connectivity index is 1.12. The Labute approximate surface area is 324 Å². The minimum absolute atomic E-state index is 0.00469. The van der Waals surface area contributed by atoms with Gasteiger partial charge in [0.1, 0.15) is 6.04 Å². The zero-order chi connectivity index (χ0) is 38.7. The molecule has 0 saturated carbocycles. The fourth-order valence-electron chi connectivity index (χ4n) is 6.45. The number of urea groups is 1. The number of benzene rings is 5. The second-order valence-electron chi connectivity index (χ2n) is 13.4. The van der Waals surface area contributed by atoms with Gasteiger partial charge in [-0.15, -0.1) is 11.8 Å². The van der Waals surface area contributed by atoms with Crippen LogP contribution in [-0.2, 0) is 38.6 Å². The number of aromatic carboxylic acids is 1. The summed E-state index contributed by atoms with van der Waals surface area (Å²) in [6, 6.07) is 38.6. The first-order chi connectivity index (χ1) is 26.7. The van der Waals surface area contributed by atoms with Crippen molar-refractivity contribution >= 4 is 29.7 Å². The Morgan fingerprint density at radius 3 is 2.15 bits per heavy atom. The Morgan fingerprint density at radius 2 is 1.47 bits per heavy atom. The molecule has 0 aliphatic carbocycles. The van der Waals surface area contributed by atoms with Crippen LogP contribution in [0.2, 0.25) is 0 Å². The molecule has 0 radical (unpaired) electrons. The molecule has 0 aromatic heterocycles. The van der Waals surface area contributed by atoms with E-state index >= 15 is 0 Å².